The average molecular weight is 419 g/mol. The van der Waals surface area contributed by atoms with E-state index in [4.69, 9.17) is 10.1 Å². The number of esters is 1. The highest BCUT2D eigenvalue weighted by molar-refractivity contribution is 7.10. The fourth-order valence-corrected chi connectivity index (χ4v) is 3.92. The number of hydrogen-bond donors (Lipinski definition) is 2. The molecule has 1 aliphatic rings. The molecule has 0 unspecified atom stereocenters. The van der Waals surface area contributed by atoms with Gasteiger partial charge in [-0.1, -0.05) is 29.5 Å². The van der Waals surface area contributed by atoms with Crippen molar-refractivity contribution in [2.45, 2.75) is 6.92 Å². The Kier molecular flexibility index (Phi) is 5.16. The predicted molar refractivity (Wildman–Crippen MR) is 112 cm³/mol. The van der Waals surface area contributed by atoms with Gasteiger partial charge in [0.2, 0.25) is 5.88 Å². The van der Waals surface area contributed by atoms with Gasteiger partial charge in [-0.3, -0.25) is 14.8 Å². The minimum atomic E-state index is -0.435. The number of para-hydroxylation sites is 1. The maximum Gasteiger partial charge on any atom is 0.338 e. The van der Waals surface area contributed by atoms with E-state index in [0.717, 1.165) is 16.6 Å². The van der Waals surface area contributed by atoms with Crippen LogP contribution < -0.4 is 15.4 Å². The van der Waals surface area contributed by atoms with E-state index in [-0.39, 0.29) is 17.3 Å². The zero-order chi connectivity index (χ0) is 21.3. The molecule has 0 fully saturated rings. The molecule has 7 nitrogen and oxygen atoms in total. The fourth-order valence-electron chi connectivity index (χ4n) is 3.06. The van der Waals surface area contributed by atoms with Crippen LogP contribution in [-0.2, 0) is 9.53 Å². The molecule has 150 valence electrons. The van der Waals surface area contributed by atoms with Crippen LogP contribution in [-0.4, -0.2) is 28.2 Å². The Balaban J connectivity index is 1.72. The molecular formula is C22H17N3O4S. The van der Waals surface area contributed by atoms with Crippen molar-refractivity contribution in [3.63, 3.8) is 0 Å². The number of hydrogen-bond acceptors (Lipinski definition) is 6. The summed E-state index contributed by atoms with van der Waals surface area (Å²) in [5.41, 5.74) is 1.22. The molecule has 0 saturated carbocycles. The van der Waals surface area contributed by atoms with E-state index in [1.54, 1.807) is 43.3 Å². The molecule has 3 aromatic rings. The first-order valence-corrected chi connectivity index (χ1v) is 9.98. The maximum atomic E-state index is 12.3. The van der Waals surface area contributed by atoms with E-state index in [2.05, 4.69) is 4.99 Å². The Morgan fingerprint density at radius 2 is 1.97 bits per heavy atom. The summed E-state index contributed by atoms with van der Waals surface area (Å²) in [6.45, 7) is 2.01. The van der Waals surface area contributed by atoms with Crippen molar-refractivity contribution in [2.24, 2.45) is 4.99 Å². The molecule has 2 N–H and O–H groups in total. The minimum Gasteiger partial charge on any atom is -0.493 e. The van der Waals surface area contributed by atoms with Gasteiger partial charge in [0.1, 0.15) is 0 Å². The Morgan fingerprint density at radius 3 is 2.70 bits per heavy atom. The van der Waals surface area contributed by atoms with E-state index in [1.165, 1.54) is 10.6 Å². The van der Waals surface area contributed by atoms with Gasteiger partial charge in [0.15, 0.2) is 4.80 Å². The standard InChI is InChI=1S/C22H17N3O4S/c1-2-29-21(28)13-7-9-16(10-8-13)25-20(27)18(30-22(25)23)12-15-11-14-5-3-4-6-17(14)24-19(15)26/h3-12,23,27H,2H2,1H3/b15-12+,23-22?. The molecule has 30 heavy (non-hydrogen) atoms. The molecule has 4 rings (SSSR count). The molecule has 1 aliphatic heterocycles. The molecule has 0 spiro atoms. The highest BCUT2D eigenvalue weighted by atomic mass is 32.1. The Hall–Kier alpha value is -3.78. The summed E-state index contributed by atoms with van der Waals surface area (Å²) in [5, 5.41) is 20.4. The molecule has 1 amide bonds. The lowest BCUT2D eigenvalue weighted by Gasteiger charge is -2.07. The summed E-state index contributed by atoms with van der Waals surface area (Å²) in [4.78, 5) is 28.7. The van der Waals surface area contributed by atoms with Crippen LogP contribution in [0, 0.1) is 5.41 Å². The minimum absolute atomic E-state index is 0.0730. The Bertz CT molecular complexity index is 1360. The number of fused-ring (bicyclic) bond motifs is 1. The Morgan fingerprint density at radius 1 is 1.23 bits per heavy atom. The van der Waals surface area contributed by atoms with Gasteiger partial charge in [-0.2, -0.15) is 0 Å². The van der Waals surface area contributed by atoms with Gasteiger partial charge in [-0.15, -0.1) is 0 Å². The van der Waals surface area contributed by atoms with Crippen molar-refractivity contribution in [2.75, 3.05) is 6.61 Å². The van der Waals surface area contributed by atoms with Crippen LogP contribution in [0.1, 0.15) is 22.2 Å². The molecule has 2 aromatic carbocycles. The number of amides is 1. The second-order valence-corrected chi connectivity index (χ2v) is 7.45. The van der Waals surface area contributed by atoms with E-state index >= 15 is 0 Å². The third-order valence-corrected chi connectivity index (χ3v) is 5.38. The number of nitrogens with one attached hydrogen (secondary N) is 1. The van der Waals surface area contributed by atoms with Crippen LogP contribution in [0.5, 0.6) is 5.88 Å². The number of nitrogens with zero attached hydrogens (tertiary/aromatic N) is 2. The molecule has 2 heterocycles. The number of rotatable bonds is 4. The van der Waals surface area contributed by atoms with Crippen molar-refractivity contribution >= 4 is 35.4 Å². The van der Waals surface area contributed by atoms with E-state index in [1.807, 2.05) is 18.2 Å². The second-order valence-electron chi connectivity index (χ2n) is 6.42. The lowest BCUT2D eigenvalue weighted by Crippen LogP contribution is -2.29. The van der Waals surface area contributed by atoms with Crippen molar-refractivity contribution in [1.29, 1.82) is 5.41 Å². The van der Waals surface area contributed by atoms with Crippen LogP contribution in [0.4, 0.5) is 0 Å². The van der Waals surface area contributed by atoms with Gasteiger partial charge in [0.25, 0.3) is 5.91 Å². The number of thiazole rings is 1. The normalized spacial score (nSPS) is 14.0. The number of carbonyl (C=O) groups is 2. The highest BCUT2D eigenvalue weighted by Crippen LogP contribution is 2.27. The molecule has 0 saturated heterocycles. The van der Waals surface area contributed by atoms with Gasteiger partial charge >= 0.3 is 5.97 Å². The summed E-state index contributed by atoms with van der Waals surface area (Å²) in [6, 6.07) is 13.7. The van der Waals surface area contributed by atoms with Crippen LogP contribution in [0.15, 0.2) is 59.1 Å². The third-order valence-electron chi connectivity index (χ3n) is 4.48. The smallest absolute Gasteiger partial charge is 0.338 e. The SMILES string of the molecule is CCOC(=O)c1ccc(-n2c(O)c(/C=C3\C=c4ccccc4=NC3=O)sc2=N)cc1. The second kappa shape index (κ2) is 7.92. The van der Waals surface area contributed by atoms with E-state index in [9.17, 15) is 14.7 Å². The van der Waals surface area contributed by atoms with E-state index in [0.29, 0.717) is 27.1 Å². The summed E-state index contributed by atoms with van der Waals surface area (Å²) < 4.78 is 6.30. The van der Waals surface area contributed by atoms with Crippen LogP contribution in [0.2, 0.25) is 0 Å². The van der Waals surface area contributed by atoms with Crippen molar-refractivity contribution in [3.8, 4) is 11.6 Å². The zero-order valence-corrected chi connectivity index (χ0v) is 16.8. The zero-order valence-electron chi connectivity index (χ0n) is 16.0. The molecular weight excluding hydrogens is 402 g/mol. The van der Waals surface area contributed by atoms with Gasteiger partial charge in [0, 0.05) is 10.8 Å². The molecule has 0 aliphatic carbocycles. The monoisotopic (exact) mass is 419 g/mol. The quantitative estimate of drug-likeness (QED) is 0.498. The van der Waals surface area contributed by atoms with Crippen molar-refractivity contribution in [3.05, 3.63) is 79.9 Å². The van der Waals surface area contributed by atoms with Gasteiger partial charge in [-0.25, -0.2) is 9.79 Å². The summed E-state index contributed by atoms with van der Waals surface area (Å²) in [6.07, 6.45) is 3.25. The van der Waals surface area contributed by atoms with Crippen LogP contribution >= 0.6 is 11.3 Å². The molecule has 0 atom stereocenters. The topological polar surface area (TPSA) is 105 Å². The first-order chi connectivity index (χ1) is 14.5. The van der Waals surface area contributed by atoms with Gasteiger partial charge in [-0.05, 0) is 49.4 Å². The number of benzene rings is 2. The molecule has 8 heteroatoms. The van der Waals surface area contributed by atoms with Crippen LogP contribution in [0.3, 0.4) is 0 Å². The van der Waals surface area contributed by atoms with Crippen molar-refractivity contribution in [1.82, 2.24) is 4.57 Å². The fraction of sp³-hybridized carbons (Fsp3) is 0.0909. The maximum absolute atomic E-state index is 12.3. The predicted octanol–water partition coefficient (Wildman–Crippen LogP) is 1.92. The lowest BCUT2D eigenvalue weighted by atomic mass is 10.1. The summed E-state index contributed by atoms with van der Waals surface area (Å²) in [5.74, 6) is -1.00. The molecule has 0 radical (unpaired) electrons. The van der Waals surface area contributed by atoms with Crippen molar-refractivity contribution < 1.29 is 19.4 Å². The van der Waals surface area contributed by atoms with Gasteiger partial charge < -0.3 is 9.84 Å². The first-order valence-electron chi connectivity index (χ1n) is 9.16. The first kappa shape index (κ1) is 19.5. The van der Waals surface area contributed by atoms with Gasteiger partial charge in [0.05, 0.1) is 28.1 Å². The lowest BCUT2D eigenvalue weighted by molar-refractivity contribution is -0.114. The highest BCUT2D eigenvalue weighted by Gasteiger charge is 2.16. The summed E-state index contributed by atoms with van der Waals surface area (Å²) >= 11 is 1.03. The third kappa shape index (κ3) is 3.60. The Labute approximate surface area is 175 Å². The number of carbonyl (C=O) groups excluding carboxylic acids is 2. The molecule has 1 aromatic heterocycles. The number of aromatic nitrogens is 1. The van der Waals surface area contributed by atoms with E-state index < -0.39 is 11.9 Å². The summed E-state index contributed by atoms with van der Waals surface area (Å²) in [7, 11) is 0. The number of ether oxygens (including phenoxy) is 1. The average Bonchev–Trinajstić information content (AvgIpc) is 3.02. The largest absolute Gasteiger partial charge is 0.493 e. The van der Waals surface area contributed by atoms with Crippen LogP contribution in [0.25, 0.3) is 17.8 Å². The molecule has 0 bridgehead atoms. The number of aromatic hydroxyl groups is 1.